The first-order chi connectivity index (χ1) is 21.3. The van der Waals surface area contributed by atoms with E-state index in [1.54, 1.807) is 43.6 Å². The summed E-state index contributed by atoms with van der Waals surface area (Å²) >= 11 is 0. The molecule has 0 aliphatic carbocycles. The molecule has 0 spiro atoms. The number of nitrogens with zero attached hydrogens (tertiary/aromatic N) is 7. The van der Waals surface area contributed by atoms with Crippen molar-refractivity contribution in [2.24, 2.45) is 10.1 Å². The standard InChI is InChI=1S/C25H32F3N9O6S2/c1-24(2,11-30-22(40)25(26,27)28)45-44-14-41-7-5-6-15-9-37(18-8-16(17(10-38)43-18)42-13-32-35-29)20-19(15)21(39)34-23(33-20)31-12-36(3)4/h9,12,16-18,38H,7-8,10-11,13-14H2,1-4H3,(H,30,40)(H,33,34,39)/b31-12-/t16?,17-,18-/m1/s1. The molecule has 246 valence electrons. The summed E-state index contributed by atoms with van der Waals surface area (Å²) in [5, 5.41) is 15.2. The first-order valence-corrected chi connectivity index (χ1v) is 15.5. The number of H-pyrrole nitrogens is 1. The fraction of sp³-hybridized carbons (Fsp3) is 0.600. The van der Waals surface area contributed by atoms with Crippen LogP contribution in [0.5, 0.6) is 0 Å². The molecule has 2 aromatic rings. The van der Waals surface area contributed by atoms with Crippen LogP contribution in [0.25, 0.3) is 21.5 Å². The third-order valence-electron chi connectivity index (χ3n) is 5.91. The van der Waals surface area contributed by atoms with E-state index in [-0.39, 0.29) is 55.8 Å². The molecule has 20 heteroatoms. The van der Waals surface area contributed by atoms with Crippen molar-refractivity contribution in [3.05, 3.63) is 32.6 Å². The van der Waals surface area contributed by atoms with Gasteiger partial charge in [-0.1, -0.05) is 38.5 Å². The monoisotopic (exact) mass is 675 g/mol. The Bertz CT molecular complexity index is 1530. The summed E-state index contributed by atoms with van der Waals surface area (Å²) in [7, 11) is 6.00. The van der Waals surface area contributed by atoms with Gasteiger partial charge in [-0.05, 0) is 19.4 Å². The Morgan fingerprint density at radius 1 is 1.44 bits per heavy atom. The van der Waals surface area contributed by atoms with Gasteiger partial charge in [0.15, 0.2) is 5.65 Å². The largest absolute Gasteiger partial charge is 0.471 e. The van der Waals surface area contributed by atoms with Crippen molar-refractivity contribution < 1.29 is 37.3 Å². The van der Waals surface area contributed by atoms with Gasteiger partial charge in [0, 0.05) is 42.9 Å². The molecule has 0 aromatic carbocycles. The first kappa shape index (κ1) is 36.0. The number of carbonyl (C=O) groups is 1. The van der Waals surface area contributed by atoms with Crippen LogP contribution >= 0.6 is 21.6 Å². The molecule has 1 unspecified atom stereocenters. The lowest BCUT2D eigenvalue weighted by molar-refractivity contribution is -0.173. The molecule has 2 aromatic heterocycles. The van der Waals surface area contributed by atoms with Gasteiger partial charge in [-0.25, -0.2) is 4.99 Å². The lowest BCUT2D eigenvalue weighted by Crippen LogP contribution is -2.42. The number of aliphatic hydroxyl groups is 1. The smallest absolute Gasteiger partial charge is 0.394 e. The molecule has 0 bridgehead atoms. The van der Waals surface area contributed by atoms with E-state index in [4.69, 9.17) is 19.7 Å². The summed E-state index contributed by atoms with van der Waals surface area (Å²) in [5.74, 6) is 3.96. The van der Waals surface area contributed by atoms with Crippen molar-refractivity contribution in [1.29, 1.82) is 0 Å². The topological polar surface area (TPSA) is 192 Å². The fourth-order valence-electron chi connectivity index (χ4n) is 3.92. The van der Waals surface area contributed by atoms with Crippen molar-refractivity contribution in [3.63, 3.8) is 0 Å². The van der Waals surface area contributed by atoms with Crippen LogP contribution < -0.4 is 10.9 Å². The number of carbonyl (C=O) groups excluding carboxylic acids is 1. The second-order valence-electron chi connectivity index (χ2n) is 10.3. The molecule has 45 heavy (non-hydrogen) atoms. The number of amides is 1. The predicted octanol–water partition coefficient (Wildman–Crippen LogP) is 3.04. The number of aromatic amines is 1. The van der Waals surface area contributed by atoms with Crippen molar-refractivity contribution >= 4 is 50.8 Å². The number of aliphatic imine (C=N–C) groups is 1. The maximum absolute atomic E-state index is 13.1. The van der Waals surface area contributed by atoms with Gasteiger partial charge < -0.3 is 34.1 Å². The van der Waals surface area contributed by atoms with Crippen LogP contribution in [0.3, 0.4) is 0 Å². The second-order valence-corrected chi connectivity index (χ2v) is 13.2. The lowest BCUT2D eigenvalue weighted by Gasteiger charge is -2.23. The highest BCUT2D eigenvalue weighted by molar-refractivity contribution is 8.77. The van der Waals surface area contributed by atoms with Crippen LogP contribution in [0.4, 0.5) is 19.1 Å². The number of aliphatic hydroxyl groups excluding tert-OH is 1. The molecule has 3 atom stereocenters. The molecule has 1 aliphatic rings. The van der Waals surface area contributed by atoms with E-state index in [9.17, 15) is 27.9 Å². The zero-order valence-electron chi connectivity index (χ0n) is 24.7. The Kier molecular flexibility index (Phi) is 13.0. The maximum Gasteiger partial charge on any atom is 0.471 e. The molecule has 1 saturated heterocycles. The SMILES string of the molecule is CN(C)/C=N\c1nc2c(c(C#CCOCSSC(C)(C)CNC(=O)C(F)(F)F)cn2[C@H]2CC(OCN=[N+]=[N-])[C@@H](CO)O2)c(=O)[nH]1. The predicted molar refractivity (Wildman–Crippen MR) is 163 cm³/mol. The Balaban J connectivity index is 1.73. The minimum atomic E-state index is -4.94. The van der Waals surface area contributed by atoms with Gasteiger partial charge in [0.1, 0.15) is 31.6 Å². The summed E-state index contributed by atoms with van der Waals surface area (Å²) in [6.45, 7) is 2.55. The summed E-state index contributed by atoms with van der Waals surface area (Å²) < 4.78 is 55.2. The number of rotatable bonds is 14. The Labute approximate surface area is 263 Å². The molecule has 0 radical (unpaired) electrons. The minimum absolute atomic E-state index is 0.0240. The Hall–Kier alpha value is -3.44. The van der Waals surface area contributed by atoms with Crippen LogP contribution in [-0.2, 0) is 19.0 Å². The van der Waals surface area contributed by atoms with Crippen molar-refractivity contribution in [3.8, 4) is 11.8 Å². The Morgan fingerprint density at radius 3 is 2.87 bits per heavy atom. The number of halogens is 3. The molecule has 1 amide bonds. The van der Waals surface area contributed by atoms with E-state index < -0.39 is 40.8 Å². The average Bonchev–Trinajstić information content (AvgIpc) is 3.55. The van der Waals surface area contributed by atoms with Gasteiger partial charge in [-0.15, -0.1) is 0 Å². The van der Waals surface area contributed by atoms with Gasteiger partial charge >= 0.3 is 12.1 Å². The van der Waals surface area contributed by atoms with Gasteiger partial charge in [-0.2, -0.15) is 18.2 Å². The van der Waals surface area contributed by atoms with E-state index in [1.165, 1.54) is 27.9 Å². The first-order valence-electron chi connectivity index (χ1n) is 13.2. The lowest BCUT2D eigenvalue weighted by atomic mass is 10.2. The van der Waals surface area contributed by atoms with Crippen LogP contribution in [0.2, 0.25) is 0 Å². The molecule has 1 aliphatic heterocycles. The Morgan fingerprint density at radius 2 is 2.20 bits per heavy atom. The highest BCUT2D eigenvalue weighted by atomic mass is 33.1. The average molecular weight is 676 g/mol. The van der Waals surface area contributed by atoms with Crippen LogP contribution in [-0.4, -0.2) is 106 Å². The van der Waals surface area contributed by atoms with Gasteiger partial charge in [0.25, 0.3) is 5.56 Å². The number of alkyl halides is 3. The normalized spacial score (nSPS) is 18.5. The van der Waals surface area contributed by atoms with E-state index in [0.29, 0.717) is 5.56 Å². The van der Waals surface area contributed by atoms with Crippen molar-refractivity contribution in [1.82, 2.24) is 24.8 Å². The van der Waals surface area contributed by atoms with E-state index in [0.717, 1.165) is 0 Å². The number of ether oxygens (including phenoxy) is 3. The quantitative estimate of drug-likeness (QED) is 0.0309. The third kappa shape index (κ3) is 10.6. The third-order valence-corrected chi connectivity index (χ3v) is 8.88. The highest BCUT2D eigenvalue weighted by Crippen LogP contribution is 2.36. The number of hydrogen-bond acceptors (Lipinski definition) is 11. The summed E-state index contributed by atoms with van der Waals surface area (Å²) in [4.78, 5) is 39.8. The zero-order valence-corrected chi connectivity index (χ0v) is 26.3. The van der Waals surface area contributed by atoms with Crippen molar-refractivity contribution in [2.45, 2.75) is 49.6 Å². The van der Waals surface area contributed by atoms with Gasteiger partial charge in [0.05, 0.1) is 30.0 Å². The zero-order chi connectivity index (χ0) is 33.2. The number of nitrogens with one attached hydrogen (secondary N) is 2. The number of azide groups is 1. The number of aromatic nitrogens is 3. The summed E-state index contributed by atoms with van der Waals surface area (Å²) in [6.07, 6.45) is -3.65. The molecular formula is C25H32F3N9O6S2. The van der Waals surface area contributed by atoms with E-state index in [2.05, 4.69) is 36.8 Å². The fourth-order valence-corrected chi connectivity index (χ4v) is 6.05. The maximum atomic E-state index is 13.1. The molecular weight excluding hydrogens is 643 g/mol. The molecule has 1 fully saturated rings. The molecule has 3 heterocycles. The summed E-state index contributed by atoms with van der Waals surface area (Å²) in [6, 6.07) is 0. The molecule has 0 saturated carbocycles. The molecule has 3 rings (SSSR count). The van der Waals surface area contributed by atoms with Crippen LogP contribution in [0.15, 0.2) is 21.1 Å². The van der Waals surface area contributed by atoms with Crippen LogP contribution in [0, 0.1) is 11.8 Å². The number of fused-ring (bicyclic) bond motifs is 1. The minimum Gasteiger partial charge on any atom is -0.394 e. The molecule has 15 nitrogen and oxygen atoms in total. The van der Waals surface area contributed by atoms with Crippen LogP contribution in [0.1, 0.15) is 32.1 Å². The van der Waals surface area contributed by atoms with E-state index in [1.807, 2.05) is 5.32 Å². The molecule has 3 N–H and O–H groups in total. The van der Waals surface area contributed by atoms with Gasteiger partial charge in [-0.3, -0.25) is 14.6 Å². The van der Waals surface area contributed by atoms with E-state index >= 15 is 0 Å². The van der Waals surface area contributed by atoms with Gasteiger partial charge in [0.2, 0.25) is 5.95 Å². The second kappa shape index (κ2) is 16.2. The highest BCUT2D eigenvalue weighted by Gasteiger charge is 2.39. The summed E-state index contributed by atoms with van der Waals surface area (Å²) in [5.41, 5.74) is 8.61. The van der Waals surface area contributed by atoms with Crippen molar-refractivity contribution in [2.75, 3.05) is 46.5 Å². The number of hydrogen-bond donors (Lipinski definition) is 3.